The minimum absolute atomic E-state index is 0.0779. The number of anilines is 1. The van der Waals surface area contributed by atoms with Crippen LogP contribution in [0.2, 0.25) is 0 Å². The fourth-order valence-corrected chi connectivity index (χ4v) is 1.51. The zero-order valence-corrected chi connectivity index (χ0v) is 11.0. The van der Waals surface area contributed by atoms with Gasteiger partial charge in [0.05, 0.1) is 18.4 Å². The lowest BCUT2D eigenvalue weighted by Gasteiger charge is -2.09. The van der Waals surface area contributed by atoms with Gasteiger partial charge in [-0.05, 0) is 12.1 Å². The van der Waals surface area contributed by atoms with E-state index >= 15 is 0 Å². The number of aromatic nitrogens is 3. The predicted octanol–water partition coefficient (Wildman–Crippen LogP) is 1.20. The highest BCUT2D eigenvalue weighted by Crippen LogP contribution is 2.09. The lowest BCUT2D eigenvalue weighted by molar-refractivity contribution is -0.115. The molecule has 1 amide bonds. The van der Waals surface area contributed by atoms with Crippen molar-refractivity contribution in [3.8, 4) is 5.82 Å². The monoisotopic (exact) mass is 259 g/mol. The highest BCUT2D eigenvalue weighted by molar-refractivity contribution is 5.92. The molecule has 2 aromatic rings. The number of carbonyl (C=O) groups excluding carboxylic acids is 1. The van der Waals surface area contributed by atoms with E-state index in [-0.39, 0.29) is 11.9 Å². The number of amides is 1. The fraction of sp³-hybridized carbons (Fsp3) is 0.308. The number of hydrogen-bond acceptors (Lipinski definition) is 4. The van der Waals surface area contributed by atoms with Crippen LogP contribution in [0.1, 0.15) is 13.8 Å². The Kier molecular flexibility index (Phi) is 4.25. The lowest BCUT2D eigenvalue weighted by atomic mass is 10.3. The largest absolute Gasteiger partial charge is 0.324 e. The summed E-state index contributed by atoms with van der Waals surface area (Å²) < 4.78 is 1.80. The summed E-state index contributed by atoms with van der Waals surface area (Å²) in [5, 5.41) is 5.84. The summed E-state index contributed by atoms with van der Waals surface area (Å²) in [6.07, 6.45) is 6.80. The molecule has 2 aromatic heterocycles. The number of rotatable bonds is 5. The molecule has 0 saturated heterocycles. The number of imidazole rings is 1. The molecule has 6 nitrogen and oxygen atoms in total. The van der Waals surface area contributed by atoms with Gasteiger partial charge in [-0.15, -0.1) is 0 Å². The average molecular weight is 259 g/mol. The van der Waals surface area contributed by atoms with E-state index in [1.54, 1.807) is 23.3 Å². The van der Waals surface area contributed by atoms with Crippen LogP contribution in [0.3, 0.4) is 0 Å². The zero-order chi connectivity index (χ0) is 13.7. The third-order valence-electron chi connectivity index (χ3n) is 2.47. The number of nitrogens with zero attached hydrogens (tertiary/aromatic N) is 3. The average Bonchev–Trinajstić information content (AvgIpc) is 2.91. The minimum atomic E-state index is -0.0779. The predicted molar refractivity (Wildman–Crippen MR) is 73.1 cm³/mol. The number of nitrogens with one attached hydrogen (secondary N) is 2. The Morgan fingerprint density at radius 3 is 2.84 bits per heavy atom. The van der Waals surface area contributed by atoms with E-state index in [1.165, 1.54) is 0 Å². The molecular formula is C13H17N5O. The van der Waals surface area contributed by atoms with Crippen LogP contribution >= 0.6 is 0 Å². The molecule has 0 aliphatic rings. The third kappa shape index (κ3) is 3.89. The molecule has 0 aromatic carbocycles. The summed E-state index contributed by atoms with van der Waals surface area (Å²) >= 11 is 0. The number of pyridine rings is 1. The second-order valence-corrected chi connectivity index (χ2v) is 4.46. The van der Waals surface area contributed by atoms with Crippen molar-refractivity contribution in [1.82, 2.24) is 19.9 Å². The Morgan fingerprint density at radius 1 is 1.42 bits per heavy atom. The van der Waals surface area contributed by atoms with Gasteiger partial charge in [0.25, 0.3) is 0 Å². The molecule has 0 saturated carbocycles. The molecule has 2 heterocycles. The maximum atomic E-state index is 11.6. The first-order valence-electron chi connectivity index (χ1n) is 6.13. The molecule has 0 aliphatic carbocycles. The van der Waals surface area contributed by atoms with Gasteiger partial charge in [0, 0.05) is 18.4 Å². The number of carbonyl (C=O) groups is 1. The standard InChI is InChI=1S/C13H17N5O/c1-10(2)15-8-13(19)17-11-3-4-12(16-7-11)18-6-5-14-9-18/h3-7,9-10,15H,8H2,1-2H3,(H,17,19). The molecule has 19 heavy (non-hydrogen) atoms. The first-order valence-corrected chi connectivity index (χ1v) is 6.13. The van der Waals surface area contributed by atoms with E-state index in [1.807, 2.05) is 32.2 Å². The van der Waals surface area contributed by atoms with Crippen molar-refractivity contribution in [2.45, 2.75) is 19.9 Å². The molecule has 2 N–H and O–H groups in total. The van der Waals surface area contributed by atoms with Gasteiger partial charge in [0.1, 0.15) is 12.1 Å². The molecule has 0 atom stereocenters. The van der Waals surface area contributed by atoms with Crippen LogP contribution in [0.5, 0.6) is 0 Å². The van der Waals surface area contributed by atoms with E-state index in [2.05, 4.69) is 20.6 Å². The summed E-state index contributed by atoms with van der Waals surface area (Å²) in [7, 11) is 0. The van der Waals surface area contributed by atoms with Crippen LogP contribution in [0, 0.1) is 0 Å². The van der Waals surface area contributed by atoms with E-state index in [4.69, 9.17) is 0 Å². The minimum Gasteiger partial charge on any atom is -0.324 e. The van der Waals surface area contributed by atoms with Crippen LogP contribution in [0.15, 0.2) is 37.1 Å². The van der Waals surface area contributed by atoms with Gasteiger partial charge in [0.2, 0.25) is 5.91 Å². The molecule has 6 heteroatoms. The SMILES string of the molecule is CC(C)NCC(=O)Nc1ccc(-n2ccnc2)nc1. The van der Waals surface area contributed by atoms with Crippen molar-refractivity contribution in [2.75, 3.05) is 11.9 Å². The molecule has 0 aliphatic heterocycles. The topological polar surface area (TPSA) is 71.8 Å². The Bertz CT molecular complexity index is 518. The second kappa shape index (κ2) is 6.10. The van der Waals surface area contributed by atoms with Crippen molar-refractivity contribution in [3.63, 3.8) is 0 Å². The maximum Gasteiger partial charge on any atom is 0.238 e. The molecule has 0 radical (unpaired) electrons. The van der Waals surface area contributed by atoms with Crippen molar-refractivity contribution in [2.24, 2.45) is 0 Å². The van der Waals surface area contributed by atoms with Gasteiger partial charge in [-0.3, -0.25) is 9.36 Å². The Labute approximate surface area is 111 Å². The highest BCUT2D eigenvalue weighted by atomic mass is 16.1. The van der Waals surface area contributed by atoms with Crippen molar-refractivity contribution >= 4 is 11.6 Å². The van der Waals surface area contributed by atoms with Gasteiger partial charge in [-0.1, -0.05) is 13.8 Å². The van der Waals surface area contributed by atoms with E-state index in [0.717, 1.165) is 5.82 Å². The summed E-state index contributed by atoms with van der Waals surface area (Å²) in [5.41, 5.74) is 0.680. The van der Waals surface area contributed by atoms with E-state index in [0.29, 0.717) is 12.2 Å². The van der Waals surface area contributed by atoms with Crippen LogP contribution in [-0.2, 0) is 4.79 Å². The molecule has 0 fully saturated rings. The van der Waals surface area contributed by atoms with Crippen molar-refractivity contribution in [3.05, 3.63) is 37.1 Å². The molecule has 0 bridgehead atoms. The van der Waals surface area contributed by atoms with Crippen LogP contribution in [0.25, 0.3) is 5.82 Å². The first kappa shape index (κ1) is 13.2. The van der Waals surface area contributed by atoms with Crippen LogP contribution < -0.4 is 10.6 Å². The molecule has 0 spiro atoms. The quantitative estimate of drug-likeness (QED) is 0.846. The highest BCUT2D eigenvalue weighted by Gasteiger charge is 2.04. The van der Waals surface area contributed by atoms with Gasteiger partial charge in [0.15, 0.2) is 0 Å². The van der Waals surface area contributed by atoms with Crippen LogP contribution in [0.4, 0.5) is 5.69 Å². The van der Waals surface area contributed by atoms with Gasteiger partial charge in [-0.25, -0.2) is 9.97 Å². The van der Waals surface area contributed by atoms with Gasteiger partial charge >= 0.3 is 0 Å². The normalized spacial score (nSPS) is 10.7. The Morgan fingerprint density at radius 2 is 2.26 bits per heavy atom. The Hall–Kier alpha value is -2.21. The summed E-state index contributed by atoms with van der Waals surface area (Å²) in [6.45, 7) is 4.28. The third-order valence-corrected chi connectivity index (χ3v) is 2.47. The molecule has 2 rings (SSSR count). The summed E-state index contributed by atoms with van der Waals surface area (Å²) in [4.78, 5) is 19.8. The van der Waals surface area contributed by atoms with Crippen LogP contribution in [-0.4, -0.2) is 33.0 Å². The van der Waals surface area contributed by atoms with E-state index < -0.39 is 0 Å². The fourth-order valence-electron chi connectivity index (χ4n) is 1.51. The summed E-state index contributed by atoms with van der Waals surface area (Å²) in [6, 6.07) is 3.93. The smallest absolute Gasteiger partial charge is 0.238 e. The second-order valence-electron chi connectivity index (χ2n) is 4.46. The van der Waals surface area contributed by atoms with Crippen molar-refractivity contribution in [1.29, 1.82) is 0 Å². The van der Waals surface area contributed by atoms with Gasteiger partial charge in [-0.2, -0.15) is 0 Å². The zero-order valence-electron chi connectivity index (χ0n) is 11.0. The van der Waals surface area contributed by atoms with E-state index in [9.17, 15) is 4.79 Å². The maximum absolute atomic E-state index is 11.6. The first-order chi connectivity index (χ1) is 9.15. The lowest BCUT2D eigenvalue weighted by Crippen LogP contribution is -2.32. The Balaban J connectivity index is 1.94. The summed E-state index contributed by atoms with van der Waals surface area (Å²) in [5.74, 6) is 0.682. The van der Waals surface area contributed by atoms with Gasteiger partial charge < -0.3 is 10.6 Å². The number of hydrogen-bond donors (Lipinski definition) is 2. The molecule has 100 valence electrons. The van der Waals surface area contributed by atoms with Crippen molar-refractivity contribution < 1.29 is 4.79 Å². The molecule has 0 unspecified atom stereocenters. The molecular weight excluding hydrogens is 242 g/mol.